The van der Waals surface area contributed by atoms with Gasteiger partial charge in [0.05, 0.1) is 16.6 Å². The second kappa shape index (κ2) is 8.29. The van der Waals surface area contributed by atoms with E-state index in [1.165, 1.54) is 0 Å². The third-order valence-electron chi connectivity index (χ3n) is 5.16. The van der Waals surface area contributed by atoms with Crippen LogP contribution in [0, 0.1) is 3.57 Å². The van der Waals surface area contributed by atoms with Gasteiger partial charge in [-0.1, -0.05) is 60.1 Å². The van der Waals surface area contributed by atoms with E-state index in [-0.39, 0.29) is 5.56 Å². The standard InChI is InChI=1S/C26H16ClIN2O/c27-23-8-4-3-6-18(23)10-14-25-29-24-13-11-20(28)16-22(24)26(31)30(25)21-12-9-17-5-1-2-7-19(17)15-21/h1-16H. The molecule has 5 rings (SSSR count). The number of nitrogens with zero attached hydrogens (tertiary/aromatic N) is 2. The van der Waals surface area contributed by atoms with Gasteiger partial charge in [0.15, 0.2) is 0 Å². The number of rotatable bonds is 3. The van der Waals surface area contributed by atoms with Crippen LogP contribution in [0.3, 0.4) is 0 Å². The SMILES string of the molecule is O=c1c2cc(I)ccc2nc(C=Cc2ccccc2Cl)n1-c1ccc2ccccc2c1. The zero-order valence-corrected chi connectivity index (χ0v) is 19.2. The lowest BCUT2D eigenvalue weighted by molar-refractivity contribution is 0.945. The normalized spacial score (nSPS) is 11.5. The van der Waals surface area contributed by atoms with Gasteiger partial charge in [-0.15, -0.1) is 0 Å². The number of hydrogen-bond acceptors (Lipinski definition) is 2. The number of hydrogen-bond donors (Lipinski definition) is 0. The molecule has 0 spiro atoms. The molecule has 1 heterocycles. The van der Waals surface area contributed by atoms with Crippen LogP contribution in [0.5, 0.6) is 0 Å². The van der Waals surface area contributed by atoms with Crippen LogP contribution in [-0.2, 0) is 0 Å². The van der Waals surface area contributed by atoms with Crippen molar-refractivity contribution in [3.63, 3.8) is 0 Å². The summed E-state index contributed by atoms with van der Waals surface area (Å²) in [6, 6.07) is 27.4. The van der Waals surface area contributed by atoms with Crippen LogP contribution in [0.4, 0.5) is 0 Å². The maximum absolute atomic E-state index is 13.6. The molecule has 3 nitrogen and oxygen atoms in total. The van der Waals surface area contributed by atoms with Crippen molar-refractivity contribution in [1.29, 1.82) is 0 Å². The molecule has 31 heavy (non-hydrogen) atoms. The highest BCUT2D eigenvalue weighted by Crippen LogP contribution is 2.22. The van der Waals surface area contributed by atoms with Crippen LogP contribution >= 0.6 is 34.2 Å². The average molecular weight is 535 g/mol. The quantitative estimate of drug-likeness (QED) is 0.234. The van der Waals surface area contributed by atoms with Gasteiger partial charge >= 0.3 is 0 Å². The molecule has 5 aromatic rings. The molecule has 0 N–H and O–H groups in total. The second-order valence-electron chi connectivity index (χ2n) is 7.16. The van der Waals surface area contributed by atoms with Crippen LogP contribution in [0.25, 0.3) is 39.5 Å². The van der Waals surface area contributed by atoms with Crippen molar-refractivity contribution in [2.75, 3.05) is 0 Å². The molecule has 0 radical (unpaired) electrons. The van der Waals surface area contributed by atoms with Gasteiger partial charge in [-0.05, 0) is 87.5 Å². The Morgan fingerprint density at radius 1 is 0.839 bits per heavy atom. The molecule has 5 heteroatoms. The first-order valence-electron chi connectivity index (χ1n) is 9.74. The largest absolute Gasteiger partial charge is 0.268 e. The lowest BCUT2D eigenvalue weighted by Gasteiger charge is -2.13. The Labute approximate surface area is 197 Å². The van der Waals surface area contributed by atoms with Crippen LogP contribution in [0.15, 0.2) is 89.7 Å². The molecule has 1 aromatic heterocycles. The molecular formula is C26H16ClIN2O. The van der Waals surface area contributed by atoms with Gasteiger partial charge in [0.1, 0.15) is 5.82 Å². The van der Waals surface area contributed by atoms with Gasteiger partial charge in [0.2, 0.25) is 0 Å². The van der Waals surface area contributed by atoms with Crippen molar-refractivity contribution in [2.45, 2.75) is 0 Å². The number of fused-ring (bicyclic) bond motifs is 2. The van der Waals surface area contributed by atoms with E-state index in [1.54, 1.807) is 4.57 Å². The van der Waals surface area contributed by atoms with E-state index in [9.17, 15) is 4.79 Å². The Bertz CT molecular complexity index is 1540. The van der Waals surface area contributed by atoms with E-state index in [2.05, 4.69) is 28.7 Å². The van der Waals surface area contributed by atoms with E-state index in [4.69, 9.17) is 16.6 Å². The lowest BCUT2D eigenvalue weighted by Crippen LogP contribution is -2.22. The highest BCUT2D eigenvalue weighted by molar-refractivity contribution is 14.1. The minimum absolute atomic E-state index is 0.0994. The molecule has 0 saturated carbocycles. The fourth-order valence-corrected chi connectivity index (χ4v) is 4.32. The minimum atomic E-state index is -0.0994. The van der Waals surface area contributed by atoms with Gasteiger partial charge in [0.25, 0.3) is 5.56 Å². The second-order valence-corrected chi connectivity index (χ2v) is 8.81. The number of benzene rings is 4. The Kier molecular flexibility index (Phi) is 5.34. The van der Waals surface area contributed by atoms with Crippen molar-refractivity contribution in [3.8, 4) is 5.69 Å². The predicted molar refractivity (Wildman–Crippen MR) is 138 cm³/mol. The fourth-order valence-electron chi connectivity index (χ4n) is 3.63. The summed E-state index contributed by atoms with van der Waals surface area (Å²) in [5, 5.41) is 3.43. The summed E-state index contributed by atoms with van der Waals surface area (Å²) in [4.78, 5) is 18.4. The monoisotopic (exact) mass is 534 g/mol. The van der Waals surface area contributed by atoms with Gasteiger partial charge in [0, 0.05) is 8.59 Å². The predicted octanol–water partition coefficient (Wildman–Crippen LogP) is 6.97. The van der Waals surface area contributed by atoms with Crippen molar-refractivity contribution < 1.29 is 0 Å². The summed E-state index contributed by atoms with van der Waals surface area (Å²) >= 11 is 8.53. The molecule has 4 aromatic carbocycles. The summed E-state index contributed by atoms with van der Waals surface area (Å²) in [5.41, 5.74) is 2.21. The summed E-state index contributed by atoms with van der Waals surface area (Å²) in [6.07, 6.45) is 3.73. The number of halogens is 2. The third kappa shape index (κ3) is 3.89. The zero-order valence-electron chi connectivity index (χ0n) is 16.3. The maximum Gasteiger partial charge on any atom is 0.266 e. The van der Waals surface area contributed by atoms with Gasteiger partial charge < -0.3 is 0 Å². The van der Waals surface area contributed by atoms with E-state index < -0.39 is 0 Å². The van der Waals surface area contributed by atoms with Gasteiger partial charge in [-0.25, -0.2) is 4.98 Å². The maximum atomic E-state index is 13.6. The summed E-state index contributed by atoms with van der Waals surface area (Å²) in [6.45, 7) is 0. The lowest BCUT2D eigenvalue weighted by atomic mass is 10.1. The smallest absolute Gasteiger partial charge is 0.266 e. The van der Waals surface area contributed by atoms with Crippen molar-refractivity contribution >= 4 is 68.0 Å². The average Bonchev–Trinajstić information content (AvgIpc) is 2.79. The van der Waals surface area contributed by atoms with Crippen molar-refractivity contribution in [2.24, 2.45) is 0 Å². The third-order valence-corrected chi connectivity index (χ3v) is 6.18. The van der Waals surface area contributed by atoms with Crippen LogP contribution in [0.2, 0.25) is 5.02 Å². The Balaban J connectivity index is 1.77. The Morgan fingerprint density at radius 3 is 2.45 bits per heavy atom. The molecule has 0 saturated heterocycles. The Hall–Kier alpha value is -2.96. The molecule has 0 atom stereocenters. The van der Waals surface area contributed by atoms with Gasteiger partial charge in [-0.3, -0.25) is 9.36 Å². The van der Waals surface area contributed by atoms with Gasteiger partial charge in [-0.2, -0.15) is 0 Å². The van der Waals surface area contributed by atoms with E-state index in [1.807, 2.05) is 91.0 Å². The summed E-state index contributed by atoms with van der Waals surface area (Å²) in [7, 11) is 0. The van der Waals surface area contributed by atoms with Crippen LogP contribution < -0.4 is 5.56 Å². The molecular weight excluding hydrogens is 519 g/mol. The van der Waals surface area contributed by atoms with E-state index in [0.29, 0.717) is 21.7 Å². The molecule has 0 unspecified atom stereocenters. The molecule has 0 amide bonds. The summed E-state index contributed by atoms with van der Waals surface area (Å²) in [5.74, 6) is 0.550. The summed E-state index contributed by atoms with van der Waals surface area (Å²) < 4.78 is 2.66. The molecule has 0 aliphatic heterocycles. The van der Waals surface area contributed by atoms with Crippen LogP contribution in [0.1, 0.15) is 11.4 Å². The molecule has 0 bridgehead atoms. The Morgan fingerprint density at radius 2 is 1.61 bits per heavy atom. The van der Waals surface area contributed by atoms with Crippen molar-refractivity contribution in [1.82, 2.24) is 9.55 Å². The molecule has 0 aliphatic carbocycles. The first-order chi connectivity index (χ1) is 15.1. The molecule has 0 fully saturated rings. The zero-order chi connectivity index (χ0) is 21.4. The van der Waals surface area contributed by atoms with Crippen LogP contribution in [-0.4, -0.2) is 9.55 Å². The van der Waals surface area contributed by atoms with E-state index >= 15 is 0 Å². The number of aromatic nitrogens is 2. The highest BCUT2D eigenvalue weighted by atomic mass is 127. The van der Waals surface area contributed by atoms with E-state index in [0.717, 1.165) is 25.6 Å². The minimum Gasteiger partial charge on any atom is -0.268 e. The topological polar surface area (TPSA) is 34.9 Å². The highest BCUT2D eigenvalue weighted by Gasteiger charge is 2.12. The first kappa shape index (κ1) is 20.0. The molecule has 150 valence electrons. The first-order valence-corrected chi connectivity index (χ1v) is 11.2. The molecule has 0 aliphatic rings. The van der Waals surface area contributed by atoms with Crippen molar-refractivity contribution in [3.05, 3.63) is 115 Å². The fraction of sp³-hybridized carbons (Fsp3) is 0.